The molecule has 1 aromatic heterocycles. The summed E-state index contributed by atoms with van der Waals surface area (Å²) in [6, 6.07) is 10.9. The van der Waals surface area contributed by atoms with Crippen LogP contribution >= 0.6 is 0 Å². The van der Waals surface area contributed by atoms with Gasteiger partial charge in [-0.15, -0.1) is 0 Å². The minimum Gasteiger partial charge on any atom is -0.504 e. The van der Waals surface area contributed by atoms with Crippen molar-refractivity contribution in [3.63, 3.8) is 0 Å². The molecule has 0 unspecified atom stereocenters. The standard InChI is InChI=1S/C22H24N4O3/c1-29-20-12-15(8-10-19(20)27)14-7-9-17-18(11-14)25-21(13-23-17)26-22(28)24-16-5-3-2-4-6-16/h7-13,16,27H,2-6H2,1H3,(H2,24,25,26,28). The van der Waals surface area contributed by atoms with Gasteiger partial charge in [-0.05, 0) is 48.2 Å². The molecule has 29 heavy (non-hydrogen) atoms. The third-order valence-corrected chi connectivity index (χ3v) is 5.24. The third-order valence-electron chi connectivity index (χ3n) is 5.24. The number of rotatable bonds is 4. The number of aromatic hydroxyl groups is 1. The van der Waals surface area contributed by atoms with Gasteiger partial charge in [-0.25, -0.2) is 9.78 Å². The lowest BCUT2D eigenvalue weighted by Crippen LogP contribution is -2.39. The third kappa shape index (κ3) is 4.39. The Hall–Kier alpha value is -3.35. The number of amides is 2. The van der Waals surface area contributed by atoms with Crippen LogP contribution in [0.15, 0.2) is 42.6 Å². The molecule has 1 fully saturated rings. The molecule has 0 radical (unpaired) electrons. The molecule has 1 heterocycles. The fraction of sp³-hybridized carbons (Fsp3) is 0.318. The molecule has 3 N–H and O–H groups in total. The van der Waals surface area contributed by atoms with E-state index < -0.39 is 0 Å². The lowest BCUT2D eigenvalue weighted by atomic mass is 9.96. The number of hydrogen-bond donors (Lipinski definition) is 3. The summed E-state index contributed by atoms with van der Waals surface area (Å²) in [5.74, 6) is 0.905. The Labute approximate surface area is 169 Å². The summed E-state index contributed by atoms with van der Waals surface area (Å²) >= 11 is 0. The van der Waals surface area contributed by atoms with Crippen LogP contribution in [0.2, 0.25) is 0 Å². The number of phenolic OH excluding ortho intramolecular Hbond substituents is 1. The zero-order valence-corrected chi connectivity index (χ0v) is 16.3. The summed E-state index contributed by atoms with van der Waals surface area (Å²) in [6.45, 7) is 0. The van der Waals surface area contributed by atoms with Crippen molar-refractivity contribution in [2.45, 2.75) is 38.1 Å². The second-order valence-electron chi connectivity index (χ2n) is 7.28. The number of carbonyl (C=O) groups excluding carboxylic acids is 1. The van der Waals surface area contributed by atoms with Crippen molar-refractivity contribution in [3.05, 3.63) is 42.6 Å². The van der Waals surface area contributed by atoms with Gasteiger partial charge in [-0.3, -0.25) is 10.3 Å². The summed E-state index contributed by atoms with van der Waals surface area (Å²) in [7, 11) is 1.51. The minimum atomic E-state index is -0.245. The van der Waals surface area contributed by atoms with Gasteiger partial charge in [0, 0.05) is 6.04 Å². The number of urea groups is 1. The molecule has 1 aliphatic carbocycles. The predicted octanol–water partition coefficient (Wildman–Crippen LogP) is 4.47. The number of fused-ring (bicyclic) bond motifs is 1. The van der Waals surface area contributed by atoms with Gasteiger partial charge in [0.05, 0.1) is 24.3 Å². The first kappa shape index (κ1) is 19.0. The summed E-state index contributed by atoms with van der Waals surface area (Å²) in [5.41, 5.74) is 3.20. The average molecular weight is 392 g/mol. The van der Waals surface area contributed by atoms with Crippen LogP contribution in [0.4, 0.5) is 10.6 Å². The molecule has 0 bridgehead atoms. The van der Waals surface area contributed by atoms with E-state index in [1.807, 2.05) is 24.3 Å². The topological polar surface area (TPSA) is 96.4 Å². The van der Waals surface area contributed by atoms with E-state index in [1.165, 1.54) is 13.5 Å². The summed E-state index contributed by atoms with van der Waals surface area (Å²) < 4.78 is 5.19. The molecule has 150 valence electrons. The number of phenols is 1. The van der Waals surface area contributed by atoms with Crippen LogP contribution in [-0.2, 0) is 0 Å². The second kappa shape index (κ2) is 8.34. The molecular weight excluding hydrogens is 368 g/mol. The number of carbonyl (C=O) groups is 1. The molecule has 1 saturated carbocycles. The fourth-order valence-corrected chi connectivity index (χ4v) is 3.69. The lowest BCUT2D eigenvalue weighted by Gasteiger charge is -2.22. The Morgan fingerprint density at radius 2 is 1.83 bits per heavy atom. The molecule has 0 atom stereocenters. The molecule has 0 spiro atoms. The Bertz CT molecular complexity index is 1030. The van der Waals surface area contributed by atoms with E-state index in [-0.39, 0.29) is 17.8 Å². The first-order valence-corrected chi connectivity index (χ1v) is 9.84. The van der Waals surface area contributed by atoms with Gasteiger partial charge in [0.1, 0.15) is 0 Å². The smallest absolute Gasteiger partial charge is 0.320 e. The Morgan fingerprint density at radius 1 is 1.07 bits per heavy atom. The molecule has 1 aliphatic rings. The van der Waals surface area contributed by atoms with E-state index in [4.69, 9.17) is 4.74 Å². The highest BCUT2D eigenvalue weighted by molar-refractivity contribution is 5.90. The Morgan fingerprint density at radius 3 is 2.62 bits per heavy atom. The first-order chi connectivity index (χ1) is 14.1. The normalized spacial score (nSPS) is 14.5. The van der Waals surface area contributed by atoms with E-state index in [0.717, 1.165) is 42.3 Å². The molecule has 0 aliphatic heterocycles. The number of hydrogen-bond acceptors (Lipinski definition) is 5. The SMILES string of the molecule is COc1cc(-c2ccc3ncc(NC(=O)NC4CCCCC4)nc3c2)ccc1O. The van der Waals surface area contributed by atoms with E-state index >= 15 is 0 Å². The van der Waals surface area contributed by atoms with E-state index in [2.05, 4.69) is 20.6 Å². The highest BCUT2D eigenvalue weighted by Crippen LogP contribution is 2.32. The van der Waals surface area contributed by atoms with Crippen LogP contribution < -0.4 is 15.4 Å². The fourth-order valence-electron chi connectivity index (χ4n) is 3.69. The number of nitrogens with one attached hydrogen (secondary N) is 2. The van der Waals surface area contributed by atoms with Gasteiger partial charge in [-0.1, -0.05) is 31.4 Å². The number of aromatic nitrogens is 2. The van der Waals surface area contributed by atoms with Crippen molar-refractivity contribution in [2.75, 3.05) is 12.4 Å². The first-order valence-electron chi connectivity index (χ1n) is 9.84. The monoisotopic (exact) mass is 392 g/mol. The van der Waals surface area contributed by atoms with E-state index in [0.29, 0.717) is 17.1 Å². The van der Waals surface area contributed by atoms with Crippen molar-refractivity contribution < 1.29 is 14.6 Å². The molecule has 2 amide bonds. The Kier molecular flexibility index (Phi) is 5.46. The molecular formula is C22H24N4O3. The zero-order chi connectivity index (χ0) is 20.2. The summed E-state index contributed by atoms with van der Waals surface area (Å²) in [5, 5.41) is 15.6. The lowest BCUT2D eigenvalue weighted by molar-refractivity contribution is 0.244. The van der Waals surface area contributed by atoms with Crippen LogP contribution in [0.3, 0.4) is 0 Å². The quantitative estimate of drug-likeness (QED) is 0.609. The van der Waals surface area contributed by atoms with Crippen LogP contribution in [-0.4, -0.2) is 34.3 Å². The highest BCUT2D eigenvalue weighted by atomic mass is 16.5. The minimum absolute atomic E-state index is 0.0901. The van der Waals surface area contributed by atoms with E-state index in [1.54, 1.807) is 18.3 Å². The molecule has 2 aromatic carbocycles. The van der Waals surface area contributed by atoms with Gasteiger partial charge >= 0.3 is 6.03 Å². The maximum Gasteiger partial charge on any atom is 0.320 e. The number of methoxy groups -OCH3 is 1. The van der Waals surface area contributed by atoms with Gasteiger partial charge < -0.3 is 15.2 Å². The van der Waals surface area contributed by atoms with Crippen molar-refractivity contribution in [1.82, 2.24) is 15.3 Å². The van der Waals surface area contributed by atoms with Crippen LogP contribution in [0, 0.1) is 0 Å². The Balaban J connectivity index is 1.54. The van der Waals surface area contributed by atoms with Crippen LogP contribution in [0.25, 0.3) is 22.2 Å². The number of nitrogens with zero attached hydrogens (tertiary/aromatic N) is 2. The second-order valence-corrected chi connectivity index (χ2v) is 7.28. The maximum atomic E-state index is 12.3. The van der Waals surface area contributed by atoms with E-state index in [9.17, 15) is 9.90 Å². The maximum absolute atomic E-state index is 12.3. The molecule has 7 nitrogen and oxygen atoms in total. The summed E-state index contributed by atoms with van der Waals surface area (Å²) in [4.78, 5) is 21.2. The van der Waals surface area contributed by atoms with Gasteiger partial charge in [0.2, 0.25) is 0 Å². The van der Waals surface area contributed by atoms with Crippen molar-refractivity contribution in [2.24, 2.45) is 0 Å². The van der Waals surface area contributed by atoms with Crippen molar-refractivity contribution in [1.29, 1.82) is 0 Å². The average Bonchev–Trinajstić information content (AvgIpc) is 2.74. The molecule has 0 saturated heterocycles. The van der Waals surface area contributed by atoms with Crippen LogP contribution in [0.1, 0.15) is 32.1 Å². The van der Waals surface area contributed by atoms with Crippen LogP contribution in [0.5, 0.6) is 11.5 Å². The van der Waals surface area contributed by atoms with Gasteiger partial charge in [-0.2, -0.15) is 0 Å². The number of anilines is 1. The van der Waals surface area contributed by atoms with Crippen molar-refractivity contribution >= 4 is 22.9 Å². The number of benzene rings is 2. The summed E-state index contributed by atoms with van der Waals surface area (Å²) in [6.07, 6.45) is 7.17. The molecule has 4 rings (SSSR count). The predicted molar refractivity (Wildman–Crippen MR) is 112 cm³/mol. The highest BCUT2D eigenvalue weighted by Gasteiger charge is 2.16. The zero-order valence-electron chi connectivity index (χ0n) is 16.3. The van der Waals surface area contributed by atoms with Gasteiger partial charge in [0.25, 0.3) is 0 Å². The number of ether oxygens (including phenoxy) is 1. The largest absolute Gasteiger partial charge is 0.504 e. The molecule has 3 aromatic rings. The van der Waals surface area contributed by atoms with Crippen molar-refractivity contribution in [3.8, 4) is 22.6 Å². The van der Waals surface area contributed by atoms with Gasteiger partial charge in [0.15, 0.2) is 17.3 Å². The molecule has 7 heteroatoms.